The first kappa shape index (κ1) is 19.5. The summed E-state index contributed by atoms with van der Waals surface area (Å²) in [5.41, 5.74) is 1.68. The van der Waals surface area contributed by atoms with Gasteiger partial charge in [-0.1, -0.05) is 47.2 Å². The van der Waals surface area contributed by atoms with E-state index in [0.717, 1.165) is 22.9 Å². The van der Waals surface area contributed by atoms with Gasteiger partial charge in [-0.2, -0.15) is 16.8 Å². The Morgan fingerprint density at radius 1 is 0.800 bits per heavy atom. The van der Waals surface area contributed by atoms with Gasteiger partial charge in [0.2, 0.25) is 0 Å². The van der Waals surface area contributed by atoms with Crippen LogP contribution in [0.4, 0.5) is 0 Å². The molecule has 0 aliphatic heterocycles. The topological polar surface area (TPSA) is 95.4 Å². The highest BCUT2D eigenvalue weighted by Gasteiger charge is 2.38. The minimum atomic E-state index is -4.45. The number of aryl methyl sites for hydroxylation is 2. The molecular weight excluding hydrogens is 380 g/mol. The van der Waals surface area contributed by atoms with E-state index >= 15 is 0 Å². The van der Waals surface area contributed by atoms with Gasteiger partial charge in [-0.15, -0.1) is 3.71 Å². The summed E-state index contributed by atoms with van der Waals surface area (Å²) in [7, 11) is -8.89. The van der Waals surface area contributed by atoms with E-state index in [1.807, 2.05) is 0 Å². The number of hydrogen-bond acceptors (Lipinski definition) is 6. The third-order valence-corrected chi connectivity index (χ3v) is 8.39. The van der Waals surface area contributed by atoms with Gasteiger partial charge in [-0.05, 0) is 44.4 Å². The number of benzene rings is 2. The number of nitrogens with one attached hydrogen (secondary N) is 1. The van der Waals surface area contributed by atoms with Crippen LogP contribution in [0, 0.1) is 19.3 Å². The highest BCUT2D eigenvalue weighted by molar-refractivity contribution is 8.17. The molecule has 2 aromatic carbocycles. The first-order valence-electron chi connectivity index (χ1n) is 7.17. The van der Waals surface area contributed by atoms with Crippen LogP contribution >= 0.6 is 11.8 Å². The summed E-state index contributed by atoms with van der Waals surface area (Å²) in [6, 6.07) is 11.6. The van der Waals surface area contributed by atoms with Crippen LogP contribution in [-0.4, -0.2) is 32.0 Å². The average Bonchev–Trinajstić information content (AvgIpc) is 2.55. The molecule has 134 valence electrons. The summed E-state index contributed by atoms with van der Waals surface area (Å²) >= 11 is 0.733. The van der Waals surface area contributed by atoms with E-state index in [4.69, 9.17) is 5.41 Å². The number of amidine groups is 1. The van der Waals surface area contributed by atoms with Gasteiger partial charge in [0.15, 0.2) is 5.17 Å². The summed E-state index contributed by atoms with van der Waals surface area (Å²) in [4.78, 5) is -0.375. The van der Waals surface area contributed by atoms with Crippen molar-refractivity contribution in [1.82, 2.24) is 3.71 Å². The Kier molecular flexibility index (Phi) is 5.60. The summed E-state index contributed by atoms with van der Waals surface area (Å²) in [6.45, 7) is 3.59. The Balaban J connectivity index is 2.65. The molecule has 25 heavy (non-hydrogen) atoms. The Bertz CT molecular complexity index is 905. The first-order valence-corrected chi connectivity index (χ1v) is 11.3. The summed E-state index contributed by atoms with van der Waals surface area (Å²) < 4.78 is 51.9. The highest BCUT2D eigenvalue weighted by Crippen LogP contribution is 2.27. The molecule has 0 spiro atoms. The van der Waals surface area contributed by atoms with E-state index in [-0.39, 0.29) is 13.5 Å². The lowest BCUT2D eigenvalue weighted by Gasteiger charge is -2.23. The smallest absolute Gasteiger partial charge is 0.277 e. The van der Waals surface area contributed by atoms with Crippen LogP contribution in [0.5, 0.6) is 0 Å². The van der Waals surface area contributed by atoms with E-state index in [0.29, 0.717) is 0 Å². The van der Waals surface area contributed by atoms with Crippen LogP contribution < -0.4 is 0 Å². The fraction of sp³-hybridized carbons (Fsp3) is 0.188. The predicted molar refractivity (Wildman–Crippen MR) is 99.8 cm³/mol. The zero-order valence-electron chi connectivity index (χ0n) is 13.9. The van der Waals surface area contributed by atoms with E-state index in [1.165, 1.54) is 30.5 Å². The van der Waals surface area contributed by atoms with Crippen molar-refractivity contribution in [2.45, 2.75) is 23.6 Å². The van der Waals surface area contributed by atoms with Crippen LogP contribution in [0.3, 0.4) is 0 Å². The van der Waals surface area contributed by atoms with Crippen molar-refractivity contribution in [1.29, 1.82) is 5.41 Å². The molecule has 6 nitrogen and oxygen atoms in total. The summed E-state index contributed by atoms with van der Waals surface area (Å²) in [6.07, 6.45) is 1.45. The summed E-state index contributed by atoms with van der Waals surface area (Å²) in [5.74, 6) is 0. The molecule has 0 amide bonds. The van der Waals surface area contributed by atoms with Crippen LogP contribution in [0.25, 0.3) is 0 Å². The van der Waals surface area contributed by atoms with Crippen molar-refractivity contribution >= 4 is 37.0 Å². The number of thioether (sulfide) groups is 1. The maximum atomic E-state index is 12.9. The molecule has 0 radical (unpaired) electrons. The van der Waals surface area contributed by atoms with Gasteiger partial charge in [0.25, 0.3) is 20.0 Å². The molecule has 0 aliphatic carbocycles. The van der Waals surface area contributed by atoms with Crippen molar-refractivity contribution in [3.05, 3.63) is 59.7 Å². The lowest BCUT2D eigenvalue weighted by atomic mass is 10.2. The molecule has 0 saturated carbocycles. The van der Waals surface area contributed by atoms with Crippen LogP contribution in [0.1, 0.15) is 11.1 Å². The normalized spacial score (nSPS) is 12.0. The monoisotopic (exact) mass is 398 g/mol. The van der Waals surface area contributed by atoms with E-state index in [2.05, 4.69) is 0 Å². The second-order valence-corrected chi connectivity index (χ2v) is 9.94. The van der Waals surface area contributed by atoms with Gasteiger partial charge in [-0.3, -0.25) is 5.41 Å². The largest absolute Gasteiger partial charge is 0.279 e. The molecule has 0 bridgehead atoms. The SMILES string of the molecule is CSC(=N)N(S(=O)(=O)c1ccc(C)cc1)S(=O)(=O)c1ccc(C)cc1. The molecule has 0 aromatic heterocycles. The van der Waals surface area contributed by atoms with E-state index in [1.54, 1.807) is 38.1 Å². The molecular formula is C16H18N2O4S3. The Hall–Kier alpha value is -1.84. The average molecular weight is 399 g/mol. The zero-order chi connectivity index (χ0) is 18.8. The maximum Gasteiger partial charge on any atom is 0.279 e. The lowest BCUT2D eigenvalue weighted by Crippen LogP contribution is -2.39. The van der Waals surface area contributed by atoms with Gasteiger partial charge in [-0.25, -0.2) is 0 Å². The Labute approximate surface area is 152 Å². The van der Waals surface area contributed by atoms with Crippen LogP contribution in [0.2, 0.25) is 0 Å². The third-order valence-electron chi connectivity index (χ3n) is 3.43. The molecule has 0 heterocycles. The molecule has 0 atom stereocenters. The fourth-order valence-corrected chi connectivity index (χ4v) is 6.55. The van der Waals surface area contributed by atoms with Crippen molar-refractivity contribution < 1.29 is 16.8 Å². The number of rotatable bonds is 4. The quantitative estimate of drug-likeness (QED) is 0.631. The maximum absolute atomic E-state index is 12.9. The molecule has 0 unspecified atom stereocenters. The number of nitrogens with zero attached hydrogens (tertiary/aromatic N) is 1. The Morgan fingerprint density at radius 3 is 1.40 bits per heavy atom. The van der Waals surface area contributed by atoms with E-state index < -0.39 is 25.2 Å². The third kappa shape index (κ3) is 3.88. The van der Waals surface area contributed by atoms with Gasteiger partial charge in [0, 0.05) is 0 Å². The standard InChI is InChI=1S/C16H18N2O4S3/c1-12-4-8-14(9-5-12)24(19,20)18(16(17)23-3)25(21,22)15-10-6-13(2)7-11-15/h4-11,17H,1-3H3. The molecule has 0 saturated heterocycles. The molecule has 2 rings (SSSR count). The minimum absolute atomic E-state index is 0.181. The lowest BCUT2D eigenvalue weighted by molar-refractivity contribution is 0.547. The second-order valence-electron chi connectivity index (χ2n) is 5.34. The van der Waals surface area contributed by atoms with Gasteiger partial charge in [0.05, 0.1) is 9.79 Å². The molecule has 9 heteroatoms. The first-order chi connectivity index (χ1) is 11.6. The second kappa shape index (κ2) is 7.19. The van der Waals surface area contributed by atoms with Crippen LogP contribution in [0.15, 0.2) is 58.3 Å². The molecule has 0 fully saturated rings. The van der Waals surface area contributed by atoms with Gasteiger partial charge < -0.3 is 0 Å². The summed E-state index contributed by atoms with van der Waals surface area (Å²) in [5, 5.41) is 7.32. The minimum Gasteiger partial charge on any atom is -0.277 e. The zero-order valence-corrected chi connectivity index (χ0v) is 16.4. The Morgan fingerprint density at radius 2 is 1.12 bits per heavy atom. The molecule has 0 aliphatic rings. The predicted octanol–water partition coefficient (Wildman–Crippen LogP) is 2.98. The van der Waals surface area contributed by atoms with Gasteiger partial charge in [0.1, 0.15) is 0 Å². The number of hydrogen-bond donors (Lipinski definition) is 1. The number of sulfonamides is 2. The van der Waals surface area contributed by atoms with Crippen LogP contribution in [-0.2, 0) is 20.0 Å². The van der Waals surface area contributed by atoms with Crippen molar-refractivity contribution in [3.63, 3.8) is 0 Å². The molecule has 2 aromatic rings. The van der Waals surface area contributed by atoms with E-state index in [9.17, 15) is 16.8 Å². The van der Waals surface area contributed by atoms with Gasteiger partial charge >= 0.3 is 0 Å². The highest BCUT2D eigenvalue weighted by atomic mass is 32.3. The van der Waals surface area contributed by atoms with Crippen molar-refractivity contribution in [2.24, 2.45) is 0 Å². The fourth-order valence-electron chi connectivity index (χ4n) is 2.03. The molecule has 1 N–H and O–H groups in total. The van der Waals surface area contributed by atoms with Crippen molar-refractivity contribution in [2.75, 3.05) is 6.26 Å². The van der Waals surface area contributed by atoms with Crippen molar-refractivity contribution in [3.8, 4) is 0 Å².